The molecule has 1 rings (SSSR count). The van der Waals surface area contributed by atoms with Crippen LogP contribution in [0.4, 0.5) is 0 Å². The molecule has 0 amide bonds. The minimum absolute atomic E-state index is 0.123. The third kappa shape index (κ3) is 3.23. The Hall–Kier alpha value is -1.49. The summed E-state index contributed by atoms with van der Waals surface area (Å²) in [6, 6.07) is 0. The minimum Gasteiger partial charge on any atom is -0.390 e. The molecule has 0 saturated heterocycles. The third-order valence-corrected chi connectivity index (χ3v) is 2.46. The van der Waals surface area contributed by atoms with Crippen molar-refractivity contribution < 1.29 is 15.1 Å². The van der Waals surface area contributed by atoms with Gasteiger partial charge >= 0.3 is 0 Å². The lowest BCUT2D eigenvalue weighted by molar-refractivity contribution is -0.816. The Morgan fingerprint density at radius 2 is 1.76 bits per heavy atom. The SMILES string of the molecule is Cc1nc(CO)c(C)nc1/C=[N+](\O)C(C)(C)C. The average Bonchev–Trinajstić information content (AvgIpc) is 2.21. The normalized spacial score (nSPS) is 12.9. The van der Waals surface area contributed by atoms with Gasteiger partial charge in [-0.3, -0.25) is 10.2 Å². The van der Waals surface area contributed by atoms with Crippen LogP contribution in [-0.4, -0.2) is 36.8 Å². The van der Waals surface area contributed by atoms with Crippen molar-refractivity contribution in [3.63, 3.8) is 0 Å². The number of aromatic nitrogens is 2. The van der Waals surface area contributed by atoms with Gasteiger partial charge in [0.05, 0.1) is 23.7 Å². The Kier molecular flexibility index (Phi) is 3.83. The van der Waals surface area contributed by atoms with E-state index in [0.717, 1.165) is 4.74 Å². The van der Waals surface area contributed by atoms with Crippen molar-refractivity contribution >= 4 is 6.21 Å². The lowest BCUT2D eigenvalue weighted by Gasteiger charge is -2.10. The molecule has 1 heterocycles. The van der Waals surface area contributed by atoms with Crippen LogP contribution in [0.2, 0.25) is 0 Å². The second-order valence-electron chi connectivity index (χ2n) is 5.03. The highest BCUT2D eigenvalue weighted by molar-refractivity contribution is 5.74. The molecule has 0 aliphatic carbocycles. The third-order valence-electron chi connectivity index (χ3n) is 2.46. The van der Waals surface area contributed by atoms with E-state index >= 15 is 0 Å². The summed E-state index contributed by atoms with van der Waals surface area (Å²) in [7, 11) is 0. The van der Waals surface area contributed by atoms with Crippen LogP contribution in [0.25, 0.3) is 0 Å². The van der Waals surface area contributed by atoms with Crippen LogP contribution in [0.3, 0.4) is 0 Å². The summed E-state index contributed by atoms with van der Waals surface area (Å²) in [5.74, 6) is 0. The number of nitrogens with zero attached hydrogens (tertiary/aromatic N) is 3. The zero-order valence-electron chi connectivity index (χ0n) is 11.0. The predicted octanol–water partition coefficient (Wildman–Crippen LogP) is 1.20. The first-order chi connectivity index (χ1) is 7.75. The van der Waals surface area contributed by atoms with Crippen LogP contribution in [0.1, 0.15) is 43.5 Å². The van der Waals surface area contributed by atoms with E-state index in [1.807, 2.05) is 20.8 Å². The molecule has 1 aromatic rings. The van der Waals surface area contributed by atoms with Crippen molar-refractivity contribution in [2.45, 2.75) is 46.8 Å². The van der Waals surface area contributed by atoms with Gasteiger partial charge in [-0.2, -0.15) is 0 Å². The molecule has 0 aromatic carbocycles. The maximum absolute atomic E-state index is 9.84. The Balaban J connectivity index is 3.21. The first-order valence-electron chi connectivity index (χ1n) is 5.53. The predicted molar refractivity (Wildman–Crippen MR) is 64.4 cm³/mol. The van der Waals surface area contributed by atoms with Crippen LogP contribution in [0.5, 0.6) is 0 Å². The second-order valence-corrected chi connectivity index (χ2v) is 5.03. The molecule has 5 heteroatoms. The topological polar surface area (TPSA) is 69.2 Å². The van der Waals surface area contributed by atoms with Gasteiger partial charge in [0.2, 0.25) is 11.8 Å². The van der Waals surface area contributed by atoms with Gasteiger partial charge in [0.1, 0.15) is 0 Å². The number of rotatable bonds is 2. The Labute approximate surface area is 101 Å². The fourth-order valence-corrected chi connectivity index (χ4v) is 1.25. The van der Waals surface area contributed by atoms with Crippen molar-refractivity contribution in [1.29, 1.82) is 0 Å². The van der Waals surface area contributed by atoms with E-state index in [0.29, 0.717) is 22.8 Å². The lowest BCUT2D eigenvalue weighted by Crippen LogP contribution is -2.31. The quantitative estimate of drug-likeness (QED) is 0.351. The molecular weight excluding hydrogens is 218 g/mol. The van der Waals surface area contributed by atoms with Crippen LogP contribution < -0.4 is 0 Å². The molecule has 0 spiro atoms. The number of hydroxylamine groups is 1. The van der Waals surface area contributed by atoms with Gasteiger partial charge in [0, 0.05) is 20.8 Å². The highest BCUT2D eigenvalue weighted by atomic mass is 16.5. The number of hydrogen-bond acceptors (Lipinski definition) is 4. The largest absolute Gasteiger partial charge is 0.390 e. The Morgan fingerprint density at radius 1 is 1.18 bits per heavy atom. The van der Waals surface area contributed by atoms with Gasteiger partial charge < -0.3 is 5.11 Å². The number of aryl methyl sites for hydroxylation is 2. The molecule has 0 bridgehead atoms. The van der Waals surface area contributed by atoms with Crippen LogP contribution >= 0.6 is 0 Å². The molecule has 2 N–H and O–H groups in total. The second kappa shape index (κ2) is 4.79. The van der Waals surface area contributed by atoms with Gasteiger partial charge in [0.15, 0.2) is 5.69 Å². The van der Waals surface area contributed by atoms with Gasteiger partial charge in [-0.1, -0.05) is 0 Å². The maximum Gasteiger partial charge on any atom is 0.243 e. The van der Waals surface area contributed by atoms with Crippen molar-refractivity contribution in [3.8, 4) is 0 Å². The first kappa shape index (κ1) is 13.6. The average molecular weight is 238 g/mol. The molecule has 0 radical (unpaired) electrons. The zero-order chi connectivity index (χ0) is 13.2. The molecule has 17 heavy (non-hydrogen) atoms. The summed E-state index contributed by atoms with van der Waals surface area (Å²) in [5, 5.41) is 18.9. The van der Waals surface area contributed by atoms with E-state index in [2.05, 4.69) is 9.97 Å². The van der Waals surface area contributed by atoms with E-state index < -0.39 is 5.54 Å². The Bertz CT molecular complexity index is 448. The summed E-state index contributed by atoms with van der Waals surface area (Å²) in [6.45, 7) is 9.13. The van der Waals surface area contributed by atoms with Gasteiger partial charge in [-0.05, 0) is 18.6 Å². The number of aliphatic hydroxyl groups is 1. The van der Waals surface area contributed by atoms with Crippen molar-refractivity contribution in [3.05, 3.63) is 22.8 Å². The molecule has 0 aliphatic heterocycles. The summed E-state index contributed by atoms with van der Waals surface area (Å²) in [4.78, 5) is 8.56. The van der Waals surface area contributed by atoms with Crippen molar-refractivity contribution in [2.24, 2.45) is 0 Å². The van der Waals surface area contributed by atoms with Crippen LogP contribution in [0, 0.1) is 13.8 Å². The molecule has 94 valence electrons. The monoisotopic (exact) mass is 238 g/mol. The smallest absolute Gasteiger partial charge is 0.243 e. The molecule has 0 atom stereocenters. The summed E-state index contributed by atoms with van der Waals surface area (Å²) in [5.41, 5.74) is 2.14. The van der Waals surface area contributed by atoms with Gasteiger partial charge in [-0.15, -0.1) is 0 Å². The van der Waals surface area contributed by atoms with Crippen LogP contribution in [-0.2, 0) is 6.61 Å². The fraction of sp³-hybridized carbons (Fsp3) is 0.583. The van der Waals surface area contributed by atoms with Crippen molar-refractivity contribution in [2.75, 3.05) is 0 Å². The number of aliphatic hydroxyl groups excluding tert-OH is 1. The van der Waals surface area contributed by atoms with E-state index in [1.54, 1.807) is 20.1 Å². The van der Waals surface area contributed by atoms with Crippen LogP contribution in [0.15, 0.2) is 0 Å². The van der Waals surface area contributed by atoms with Gasteiger partial charge in [0.25, 0.3) is 0 Å². The van der Waals surface area contributed by atoms with Gasteiger partial charge in [-0.25, -0.2) is 4.98 Å². The van der Waals surface area contributed by atoms with E-state index in [1.165, 1.54) is 0 Å². The highest BCUT2D eigenvalue weighted by Crippen LogP contribution is 2.08. The molecule has 0 saturated carbocycles. The molecule has 0 aliphatic rings. The van der Waals surface area contributed by atoms with Crippen molar-refractivity contribution in [1.82, 2.24) is 9.97 Å². The standard InChI is InChI=1S/C12H20N3O2/c1-8-10(6-15(17)12(3,4)5)13-9(2)11(7-16)14-8/h6,16-17H,7H2,1-5H3/q+1. The zero-order valence-corrected chi connectivity index (χ0v) is 11.0. The molecule has 0 fully saturated rings. The first-order valence-corrected chi connectivity index (χ1v) is 5.53. The molecule has 0 unspecified atom stereocenters. The van der Waals surface area contributed by atoms with E-state index in [-0.39, 0.29) is 6.61 Å². The molecule has 5 nitrogen and oxygen atoms in total. The summed E-state index contributed by atoms with van der Waals surface area (Å²) >= 11 is 0. The van der Waals surface area contributed by atoms with E-state index in [4.69, 9.17) is 5.11 Å². The summed E-state index contributed by atoms with van der Waals surface area (Å²) < 4.78 is 1.11. The maximum atomic E-state index is 9.84. The highest BCUT2D eigenvalue weighted by Gasteiger charge is 2.25. The van der Waals surface area contributed by atoms with E-state index in [9.17, 15) is 5.21 Å². The lowest BCUT2D eigenvalue weighted by atomic mass is 10.1. The molecular formula is C12H20N3O2+. The Morgan fingerprint density at radius 3 is 2.24 bits per heavy atom. The summed E-state index contributed by atoms with van der Waals surface area (Å²) in [6.07, 6.45) is 1.55. The minimum atomic E-state index is -0.391. The number of hydrogen-bond donors (Lipinski definition) is 2. The fourth-order valence-electron chi connectivity index (χ4n) is 1.25. The molecule has 1 aromatic heterocycles.